The molecule has 1 aromatic rings. The molecule has 116 valence electrons. The molecule has 0 spiro atoms. The van der Waals surface area contributed by atoms with Crippen molar-refractivity contribution < 1.29 is 14.3 Å². The van der Waals surface area contributed by atoms with E-state index in [4.69, 9.17) is 9.47 Å². The fraction of sp³-hybridized carbons (Fsp3) is 0.588. The number of carbonyl (C=O) groups is 1. The van der Waals surface area contributed by atoms with Crippen LogP contribution in [0.5, 0.6) is 11.5 Å². The fourth-order valence-corrected chi connectivity index (χ4v) is 2.74. The van der Waals surface area contributed by atoms with Crippen molar-refractivity contribution in [1.29, 1.82) is 0 Å². The summed E-state index contributed by atoms with van der Waals surface area (Å²) in [6.45, 7) is 4.15. The molecule has 3 nitrogen and oxygen atoms in total. The summed E-state index contributed by atoms with van der Waals surface area (Å²) in [4.78, 5) is 11.7. The number of hydrogen-bond acceptors (Lipinski definition) is 3. The number of rotatable bonds is 5. The highest BCUT2D eigenvalue weighted by molar-refractivity contribution is 14.1. The first-order chi connectivity index (χ1) is 10.0. The Labute approximate surface area is 140 Å². The molecule has 0 aliphatic heterocycles. The number of benzene rings is 1. The number of alkyl halides is 1. The molecule has 4 heteroatoms. The number of hydrogen-bond donors (Lipinski definition) is 0. The van der Waals surface area contributed by atoms with Crippen LogP contribution in [0, 0.1) is 0 Å². The maximum atomic E-state index is 11.7. The molecule has 0 amide bonds. The minimum absolute atomic E-state index is 0.0496. The van der Waals surface area contributed by atoms with Crippen LogP contribution in [0.25, 0.3) is 0 Å². The number of halogens is 1. The zero-order valence-electron chi connectivity index (χ0n) is 12.7. The van der Waals surface area contributed by atoms with Crippen molar-refractivity contribution in [3.05, 3.63) is 24.3 Å². The minimum Gasteiger partial charge on any atom is -0.488 e. The number of ether oxygens (including phenoxy) is 2. The van der Waals surface area contributed by atoms with Crippen LogP contribution in [-0.2, 0) is 4.79 Å². The van der Waals surface area contributed by atoms with Crippen LogP contribution >= 0.6 is 22.6 Å². The van der Waals surface area contributed by atoms with E-state index in [1.165, 1.54) is 19.3 Å². The van der Waals surface area contributed by atoms with Gasteiger partial charge in [0.05, 0.1) is 0 Å². The second kappa shape index (κ2) is 7.47. The van der Waals surface area contributed by atoms with Gasteiger partial charge in [0.25, 0.3) is 0 Å². The van der Waals surface area contributed by atoms with Crippen molar-refractivity contribution in [2.75, 3.05) is 0 Å². The van der Waals surface area contributed by atoms with Crippen LogP contribution in [0.1, 0.15) is 52.4 Å². The van der Waals surface area contributed by atoms with E-state index in [0.29, 0.717) is 5.75 Å². The summed E-state index contributed by atoms with van der Waals surface area (Å²) in [6, 6.07) is 7.38. The highest BCUT2D eigenvalue weighted by atomic mass is 127. The van der Waals surface area contributed by atoms with E-state index in [9.17, 15) is 4.79 Å². The maximum Gasteiger partial charge on any atom is 0.324 e. The molecule has 1 unspecified atom stereocenters. The predicted molar refractivity (Wildman–Crippen MR) is 92.3 cm³/mol. The topological polar surface area (TPSA) is 35.5 Å². The van der Waals surface area contributed by atoms with Crippen LogP contribution in [0.3, 0.4) is 0 Å². The molecular weight excluding hydrogens is 379 g/mol. The van der Waals surface area contributed by atoms with Crippen molar-refractivity contribution in [2.24, 2.45) is 0 Å². The Morgan fingerprint density at radius 2 is 1.76 bits per heavy atom. The largest absolute Gasteiger partial charge is 0.488 e. The lowest BCUT2D eigenvalue weighted by atomic mass is 9.86. The first-order valence-corrected chi connectivity index (χ1v) is 8.92. The summed E-state index contributed by atoms with van der Waals surface area (Å²) in [7, 11) is 0. The van der Waals surface area contributed by atoms with Gasteiger partial charge in [-0.1, -0.05) is 35.9 Å². The molecule has 0 bridgehead atoms. The molecule has 1 atom stereocenters. The molecule has 2 rings (SSSR count). The van der Waals surface area contributed by atoms with Gasteiger partial charge >= 0.3 is 5.97 Å². The normalized spacial score (nSPS) is 18.8. The monoisotopic (exact) mass is 402 g/mol. The molecule has 1 aromatic carbocycles. The summed E-state index contributed by atoms with van der Waals surface area (Å²) < 4.78 is 11.4. The third-order valence-corrected chi connectivity index (χ3v) is 5.32. The molecule has 21 heavy (non-hydrogen) atoms. The Hall–Kier alpha value is -0.780. The van der Waals surface area contributed by atoms with E-state index in [1.54, 1.807) is 12.1 Å². The van der Waals surface area contributed by atoms with E-state index in [-0.39, 0.29) is 15.5 Å². The van der Waals surface area contributed by atoms with E-state index < -0.39 is 0 Å². The average Bonchev–Trinajstić information content (AvgIpc) is 2.48. The van der Waals surface area contributed by atoms with Crippen molar-refractivity contribution in [3.63, 3.8) is 0 Å². The lowest BCUT2D eigenvalue weighted by Gasteiger charge is -2.34. The second-order valence-electron chi connectivity index (χ2n) is 5.88. The lowest BCUT2D eigenvalue weighted by Crippen LogP contribution is -2.34. The standard InChI is InChI=1S/C17H23IO3/c1-3-15(18)16(19)20-13-7-9-14(10-8-13)21-17(2)11-5-4-6-12-17/h7-10,15H,3-6,11-12H2,1-2H3. The molecule has 0 N–H and O–H groups in total. The quantitative estimate of drug-likeness (QED) is 0.304. The van der Waals surface area contributed by atoms with E-state index in [1.807, 2.05) is 19.1 Å². The Morgan fingerprint density at radius 3 is 2.33 bits per heavy atom. The Balaban J connectivity index is 1.94. The van der Waals surface area contributed by atoms with Gasteiger partial charge < -0.3 is 9.47 Å². The number of carbonyl (C=O) groups excluding carboxylic acids is 1. The maximum absolute atomic E-state index is 11.7. The molecule has 0 saturated heterocycles. The van der Waals surface area contributed by atoms with Crippen LogP contribution in [0.15, 0.2) is 24.3 Å². The molecule has 1 aliphatic carbocycles. The Kier molecular flexibility index (Phi) is 5.90. The van der Waals surface area contributed by atoms with Crippen molar-refractivity contribution in [3.8, 4) is 11.5 Å². The molecule has 0 aromatic heterocycles. The third-order valence-electron chi connectivity index (χ3n) is 3.93. The number of esters is 1. The fourth-order valence-electron chi connectivity index (χ4n) is 2.61. The predicted octanol–water partition coefficient (Wildman–Crippen LogP) is 4.91. The molecule has 1 aliphatic rings. The van der Waals surface area contributed by atoms with Crippen molar-refractivity contribution in [2.45, 2.75) is 61.9 Å². The highest BCUT2D eigenvalue weighted by Crippen LogP contribution is 2.33. The summed E-state index contributed by atoms with van der Waals surface area (Å²) >= 11 is 2.10. The van der Waals surface area contributed by atoms with Crippen LogP contribution < -0.4 is 9.47 Å². The molecule has 1 saturated carbocycles. The summed E-state index contributed by atoms with van der Waals surface area (Å²) in [5.41, 5.74) is -0.0496. The first kappa shape index (κ1) is 16.6. The van der Waals surface area contributed by atoms with E-state index >= 15 is 0 Å². The molecule has 1 fully saturated rings. The van der Waals surface area contributed by atoms with Gasteiger partial charge in [-0.15, -0.1) is 0 Å². The average molecular weight is 402 g/mol. The van der Waals surface area contributed by atoms with Gasteiger partial charge in [0, 0.05) is 0 Å². The van der Waals surface area contributed by atoms with Crippen molar-refractivity contribution >= 4 is 28.6 Å². The summed E-state index contributed by atoms with van der Waals surface area (Å²) in [5, 5.41) is 0. The Bertz CT molecular complexity index is 463. The lowest BCUT2D eigenvalue weighted by molar-refractivity contribution is -0.133. The van der Waals surface area contributed by atoms with Crippen LogP contribution in [0.2, 0.25) is 0 Å². The van der Waals surface area contributed by atoms with E-state index in [2.05, 4.69) is 29.5 Å². The van der Waals surface area contributed by atoms with Gasteiger partial charge in [-0.2, -0.15) is 0 Å². The Morgan fingerprint density at radius 1 is 1.19 bits per heavy atom. The summed E-state index contributed by atoms with van der Waals surface area (Å²) in [6.07, 6.45) is 6.77. The van der Waals surface area contributed by atoms with Crippen LogP contribution in [0.4, 0.5) is 0 Å². The molecule has 0 heterocycles. The smallest absolute Gasteiger partial charge is 0.324 e. The van der Waals surface area contributed by atoms with Crippen LogP contribution in [-0.4, -0.2) is 15.5 Å². The van der Waals surface area contributed by atoms with Gasteiger partial charge in [-0.3, -0.25) is 4.79 Å². The molecule has 0 radical (unpaired) electrons. The van der Waals surface area contributed by atoms with Gasteiger partial charge in [0.1, 0.15) is 21.0 Å². The molecular formula is C17H23IO3. The zero-order chi connectivity index (χ0) is 15.3. The van der Waals surface area contributed by atoms with Gasteiger partial charge in [0.2, 0.25) is 0 Å². The SMILES string of the molecule is CCC(I)C(=O)Oc1ccc(OC2(C)CCCCC2)cc1. The van der Waals surface area contributed by atoms with Gasteiger partial charge in [0.15, 0.2) is 0 Å². The zero-order valence-corrected chi connectivity index (χ0v) is 14.9. The minimum atomic E-state index is -0.189. The first-order valence-electron chi connectivity index (χ1n) is 7.67. The van der Waals surface area contributed by atoms with E-state index in [0.717, 1.165) is 25.0 Å². The summed E-state index contributed by atoms with van der Waals surface area (Å²) in [5.74, 6) is 1.24. The second-order valence-corrected chi connectivity index (χ2v) is 7.38. The third kappa shape index (κ3) is 4.87. The highest BCUT2D eigenvalue weighted by Gasteiger charge is 2.28. The van der Waals surface area contributed by atoms with Gasteiger partial charge in [-0.05, 0) is 63.3 Å². The van der Waals surface area contributed by atoms with Crippen molar-refractivity contribution in [1.82, 2.24) is 0 Å². The van der Waals surface area contributed by atoms with Gasteiger partial charge in [-0.25, -0.2) is 0 Å².